The van der Waals surface area contributed by atoms with E-state index in [0.717, 1.165) is 24.4 Å². The van der Waals surface area contributed by atoms with Crippen molar-refractivity contribution in [2.45, 2.75) is 71.3 Å². The number of rotatable bonds is 9. The van der Waals surface area contributed by atoms with Gasteiger partial charge in [0.2, 0.25) is 0 Å². The quantitative estimate of drug-likeness (QED) is 0.676. The molecule has 1 fully saturated rings. The highest BCUT2D eigenvalue weighted by molar-refractivity contribution is 4.84. The second kappa shape index (κ2) is 9.77. The van der Waals surface area contributed by atoms with E-state index in [1.54, 1.807) is 7.11 Å². The van der Waals surface area contributed by atoms with Gasteiger partial charge in [-0.1, -0.05) is 46.0 Å². The molecular weight excluding hydrogens is 234 g/mol. The molecular formula is C17H35NO. The van der Waals surface area contributed by atoms with Gasteiger partial charge in [-0.2, -0.15) is 0 Å². The van der Waals surface area contributed by atoms with E-state index in [2.05, 4.69) is 26.2 Å². The third-order valence-corrected chi connectivity index (χ3v) is 5.09. The molecule has 0 spiro atoms. The SMILES string of the molecule is CCCCC1CCC(C(NC)C(C)CCOC)CC1. The van der Waals surface area contributed by atoms with Crippen LogP contribution in [-0.2, 0) is 4.74 Å². The van der Waals surface area contributed by atoms with Gasteiger partial charge in [0.1, 0.15) is 0 Å². The van der Waals surface area contributed by atoms with Crippen LogP contribution in [0, 0.1) is 17.8 Å². The van der Waals surface area contributed by atoms with Crippen LogP contribution in [0.25, 0.3) is 0 Å². The molecule has 0 amide bonds. The Morgan fingerprint density at radius 1 is 1.21 bits per heavy atom. The average molecular weight is 269 g/mol. The van der Waals surface area contributed by atoms with Crippen LogP contribution in [0.3, 0.4) is 0 Å². The van der Waals surface area contributed by atoms with Crippen LogP contribution < -0.4 is 5.32 Å². The van der Waals surface area contributed by atoms with E-state index in [9.17, 15) is 0 Å². The molecule has 0 aromatic carbocycles. The van der Waals surface area contributed by atoms with E-state index in [0.29, 0.717) is 6.04 Å². The fraction of sp³-hybridized carbons (Fsp3) is 1.00. The van der Waals surface area contributed by atoms with E-state index in [1.165, 1.54) is 51.4 Å². The molecule has 2 nitrogen and oxygen atoms in total. The molecule has 0 aliphatic heterocycles. The Labute approximate surface area is 120 Å². The summed E-state index contributed by atoms with van der Waals surface area (Å²) in [4.78, 5) is 0. The van der Waals surface area contributed by atoms with E-state index < -0.39 is 0 Å². The number of methoxy groups -OCH3 is 1. The maximum absolute atomic E-state index is 5.23. The van der Waals surface area contributed by atoms with Crippen molar-refractivity contribution in [3.05, 3.63) is 0 Å². The smallest absolute Gasteiger partial charge is 0.0465 e. The summed E-state index contributed by atoms with van der Waals surface area (Å²) in [6.45, 7) is 5.58. The van der Waals surface area contributed by atoms with Gasteiger partial charge in [0.05, 0.1) is 0 Å². The standard InChI is InChI=1S/C17H35NO/c1-5-6-7-15-8-10-16(11-9-15)17(18-3)14(2)12-13-19-4/h14-18H,5-13H2,1-4H3. The third kappa shape index (κ3) is 5.83. The minimum atomic E-state index is 0.683. The molecule has 2 unspecified atom stereocenters. The van der Waals surface area contributed by atoms with Gasteiger partial charge in [-0.25, -0.2) is 0 Å². The fourth-order valence-corrected chi connectivity index (χ4v) is 3.80. The molecule has 1 N–H and O–H groups in total. The Morgan fingerprint density at radius 2 is 1.89 bits per heavy atom. The predicted molar refractivity (Wildman–Crippen MR) is 83.5 cm³/mol. The summed E-state index contributed by atoms with van der Waals surface area (Å²) in [5.41, 5.74) is 0. The molecule has 0 bridgehead atoms. The summed E-state index contributed by atoms with van der Waals surface area (Å²) >= 11 is 0. The molecule has 0 heterocycles. The van der Waals surface area contributed by atoms with Crippen LogP contribution in [0.4, 0.5) is 0 Å². The summed E-state index contributed by atoms with van der Waals surface area (Å²) in [6, 6.07) is 0.683. The molecule has 114 valence electrons. The van der Waals surface area contributed by atoms with Crippen molar-refractivity contribution in [1.82, 2.24) is 5.32 Å². The molecule has 1 saturated carbocycles. The fourth-order valence-electron chi connectivity index (χ4n) is 3.80. The lowest BCUT2D eigenvalue weighted by molar-refractivity contribution is 0.140. The number of ether oxygens (including phenoxy) is 1. The van der Waals surface area contributed by atoms with Crippen LogP contribution in [-0.4, -0.2) is 26.8 Å². The lowest BCUT2D eigenvalue weighted by atomic mass is 9.74. The monoisotopic (exact) mass is 269 g/mol. The van der Waals surface area contributed by atoms with Crippen LogP contribution >= 0.6 is 0 Å². The van der Waals surface area contributed by atoms with Crippen LogP contribution in [0.5, 0.6) is 0 Å². The largest absolute Gasteiger partial charge is 0.385 e. The molecule has 1 aliphatic carbocycles. The minimum Gasteiger partial charge on any atom is -0.385 e. The average Bonchev–Trinajstić information content (AvgIpc) is 2.45. The van der Waals surface area contributed by atoms with Crippen molar-refractivity contribution >= 4 is 0 Å². The molecule has 0 aromatic rings. The van der Waals surface area contributed by atoms with Gasteiger partial charge in [0.25, 0.3) is 0 Å². The van der Waals surface area contributed by atoms with Gasteiger partial charge >= 0.3 is 0 Å². The molecule has 0 aromatic heterocycles. The Bertz CT molecular complexity index is 211. The summed E-state index contributed by atoms with van der Waals surface area (Å²) in [7, 11) is 3.94. The first kappa shape index (κ1) is 17.0. The molecule has 19 heavy (non-hydrogen) atoms. The molecule has 1 rings (SSSR count). The summed E-state index contributed by atoms with van der Waals surface area (Å²) < 4.78 is 5.23. The van der Waals surface area contributed by atoms with E-state index in [-0.39, 0.29) is 0 Å². The normalized spacial score (nSPS) is 27.2. The number of hydrogen-bond acceptors (Lipinski definition) is 2. The summed E-state index contributed by atoms with van der Waals surface area (Å²) in [5.74, 6) is 2.62. The Kier molecular flexibility index (Phi) is 8.72. The van der Waals surface area contributed by atoms with E-state index in [1.807, 2.05) is 0 Å². The predicted octanol–water partition coefficient (Wildman–Crippen LogP) is 4.24. The first-order chi connectivity index (χ1) is 9.22. The molecule has 2 atom stereocenters. The topological polar surface area (TPSA) is 21.3 Å². The van der Waals surface area contributed by atoms with Crippen LogP contribution in [0.15, 0.2) is 0 Å². The summed E-state index contributed by atoms with van der Waals surface area (Å²) in [6.07, 6.45) is 11.2. The summed E-state index contributed by atoms with van der Waals surface area (Å²) in [5, 5.41) is 3.58. The maximum Gasteiger partial charge on any atom is 0.0465 e. The van der Waals surface area contributed by atoms with Gasteiger partial charge in [-0.3, -0.25) is 0 Å². The Balaban J connectivity index is 2.34. The highest BCUT2D eigenvalue weighted by atomic mass is 16.5. The minimum absolute atomic E-state index is 0.683. The van der Waals surface area contributed by atoms with E-state index >= 15 is 0 Å². The lowest BCUT2D eigenvalue weighted by Gasteiger charge is -2.37. The Hall–Kier alpha value is -0.0800. The maximum atomic E-state index is 5.23. The first-order valence-corrected chi connectivity index (χ1v) is 8.39. The van der Waals surface area contributed by atoms with Gasteiger partial charge in [0, 0.05) is 19.8 Å². The molecule has 1 aliphatic rings. The molecule has 2 heteroatoms. The first-order valence-electron chi connectivity index (χ1n) is 8.39. The highest BCUT2D eigenvalue weighted by Gasteiger charge is 2.29. The van der Waals surface area contributed by atoms with Crippen LogP contribution in [0.2, 0.25) is 0 Å². The van der Waals surface area contributed by atoms with Crippen molar-refractivity contribution in [2.24, 2.45) is 17.8 Å². The number of hydrogen-bond donors (Lipinski definition) is 1. The molecule has 0 saturated heterocycles. The third-order valence-electron chi connectivity index (χ3n) is 5.09. The van der Waals surface area contributed by atoms with Gasteiger partial charge in [-0.15, -0.1) is 0 Å². The van der Waals surface area contributed by atoms with Crippen LogP contribution in [0.1, 0.15) is 65.2 Å². The zero-order chi connectivity index (χ0) is 14.1. The second-order valence-electron chi connectivity index (χ2n) is 6.50. The zero-order valence-corrected chi connectivity index (χ0v) is 13.6. The van der Waals surface area contributed by atoms with Crippen molar-refractivity contribution in [3.8, 4) is 0 Å². The lowest BCUT2D eigenvalue weighted by Crippen LogP contribution is -2.41. The van der Waals surface area contributed by atoms with Gasteiger partial charge in [0.15, 0.2) is 0 Å². The van der Waals surface area contributed by atoms with Crippen molar-refractivity contribution in [1.29, 1.82) is 0 Å². The van der Waals surface area contributed by atoms with Crippen molar-refractivity contribution in [3.63, 3.8) is 0 Å². The van der Waals surface area contributed by atoms with Gasteiger partial charge in [-0.05, 0) is 44.1 Å². The second-order valence-corrected chi connectivity index (χ2v) is 6.50. The van der Waals surface area contributed by atoms with Gasteiger partial charge < -0.3 is 10.1 Å². The highest BCUT2D eigenvalue weighted by Crippen LogP contribution is 2.35. The van der Waals surface area contributed by atoms with E-state index in [4.69, 9.17) is 4.74 Å². The number of nitrogens with one attached hydrogen (secondary N) is 1. The van der Waals surface area contributed by atoms with Crippen molar-refractivity contribution < 1.29 is 4.74 Å². The molecule has 0 radical (unpaired) electrons. The Morgan fingerprint density at radius 3 is 2.42 bits per heavy atom. The van der Waals surface area contributed by atoms with Crippen molar-refractivity contribution in [2.75, 3.05) is 20.8 Å². The zero-order valence-electron chi connectivity index (χ0n) is 13.6. The number of unbranched alkanes of at least 4 members (excludes halogenated alkanes) is 1.